The Balaban J connectivity index is 1.29. The summed E-state index contributed by atoms with van der Waals surface area (Å²) in [5.41, 5.74) is 0. The molecule has 0 unspecified atom stereocenters. The average Bonchev–Trinajstić information content (AvgIpc) is 3.35. The van der Waals surface area contributed by atoms with Gasteiger partial charge in [0.05, 0.1) is 11.8 Å². The van der Waals surface area contributed by atoms with E-state index in [2.05, 4.69) is 10.5 Å². The van der Waals surface area contributed by atoms with Gasteiger partial charge in [-0.25, -0.2) is 0 Å². The van der Waals surface area contributed by atoms with Crippen LogP contribution in [0.2, 0.25) is 0 Å². The number of esters is 1. The molecule has 0 radical (unpaired) electrons. The van der Waals surface area contributed by atoms with Crippen molar-refractivity contribution in [3.8, 4) is 0 Å². The highest BCUT2D eigenvalue weighted by Crippen LogP contribution is 2.56. The molecule has 9 nitrogen and oxygen atoms in total. The molecule has 2 aliphatic carbocycles. The second-order valence-electron chi connectivity index (χ2n) is 7.18. The Morgan fingerprint density at radius 3 is 2.50 bits per heavy atom. The number of likely N-dealkylation sites (tertiary alicyclic amines) is 1. The first kappa shape index (κ1) is 16.7. The first-order chi connectivity index (χ1) is 12.4. The van der Waals surface area contributed by atoms with Gasteiger partial charge in [0.2, 0.25) is 11.8 Å². The second-order valence-corrected chi connectivity index (χ2v) is 7.18. The summed E-state index contributed by atoms with van der Waals surface area (Å²) in [5.74, 6) is -1.18. The van der Waals surface area contributed by atoms with Crippen molar-refractivity contribution in [1.29, 1.82) is 0 Å². The number of hydrogen-bond acceptors (Lipinski definition) is 7. The first-order valence-corrected chi connectivity index (χ1v) is 8.68. The van der Waals surface area contributed by atoms with Crippen LogP contribution < -0.4 is 5.32 Å². The molecule has 2 heterocycles. The van der Waals surface area contributed by atoms with Crippen LogP contribution in [0.5, 0.6) is 0 Å². The van der Waals surface area contributed by atoms with Gasteiger partial charge in [0.1, 0.15) is 12.3 Å². The third-order valence-electron chi connectivity index (χ3n) is 5.57. The molecule has 2 saturated carbocycles. The molecule has 26 heavy (non-hydrogen) atoms. The summed E-state index contributed by atoms with van der Waals surface area (Å²) in [6.45, 7) is 0.702. The highest BCUT2D eigenvalue weighted by atomic mass is 16.5. The number of carbonyl (C=O) groups is 4. The number of carbonyl (C=O) groups excluding carboxylic acids is 4. The Labute approximate surface area is 149 Å². The van der Waals surface area contributed by atoms with Gasteiger partial charge in [-0.15, -0.1) is 0 Å². The van der Waals surface area contributed by atoms with Crippen molar-refractivity contribution < 1.29 is 28.4 Å². The molecule has 1 N–H and O–H groups in total. The van der Waals surface area contributed by atoms with Crippen LogP contribution in [0.15, 0.2) is 10.6 Å². The zero-order valence-electron chi connectivity index (χ0n) is 14.3. The van der Waals surface area contributed by atoms with E-state index >= 15 is 0 Å². The maximum absolute atomic E-state index is 12.5. The summed E-state index contributed by atoms with van der Waals surface area (Å²) in [4.78, 5) is 49.7. The minimum absolute atomic E-state index is 0.219. The van der Waals surface area contributed by atoms with E-state index < -0.39 is 25.0 Å². The number of aryl methyl sites for hydroxylation is 1. The van der Waals surface area contributed by atoms with Gasteiger partial charge in [-0.2, -0.15) is 0 Å². The van der Waals surface area contributed by atoms with Crippen molar-refractivity contribution in [2.45, 2.75) is 26.2 Å². The zero-order valence-corrected chi connectivity index (χ0v) is 14.3. The average molecular weight is 361 g/mol. The van der Waals surface area contributed by atoms with E-state index in [1.165, 1.54) is 6.07 Å². The van der Waals surface area contributed by atoms with Crippen LogP contribution in [0.3, 0.4) is 0 Å². The predicted molar refractivity (Wildman–Crippen MR) is 85.4 cm³/mol. The molecule has 0 spiro atoms. The molecular formula is C17H19N3O6. The van der Waals surface area contributed by atoms with Gasteiger partial charge in [0.15, 0.2) is 12.4 Å². The van der Waals surface area contributed by atoms with E-state index in [0.29, 0.717) is 5.76 Å². The number of nitrogens with one attached hydrogen (secondary N) is 1. The number of amides is 3. The summed E-state index contributed by atoms with van der Waals surface area (Å²) in [6.07, 6.45) is 2.89. The van der Waals surface area contributed by atoms with Crippen LogP contribution in [0, 0.1) is 30.6 Å². The molecular weight excluding hydrogens is 342 g/mol. The van der Waals surface area contributed by atoms with E-state index in [1.54, 1.807) is 6.92 Å². The van der Waals surface area contributed by atoms with Gasteiger partial charge in [-0.1, -0.05) is 5.16 Å². The van der Waals surface area contributed by atoms with Gasteiger partial charge in [-0.3, -0.25) is 24.1 Å². The van der Waals surface area contributed by atoms with Gasteiger partial charge >= 0.3 is 5.97 Å². The normalized spacial score (nSPS) is 29.2. The van der Waals surface area contributed by atoms with Crippen LogP contribution in [-0.2, 0) is 23.9 Å². The maximum atomic E-state index is 12.5. The van der Waals surface area contributed by atoms with Crippen LogP contribution in [0.1, 0.15) is 25.0 Å². The van der Waals surface area contributed by atoms with E-state index in [-0.39, 0.29) is 41.3 Å². The highest BCUT2D eigenvalue weighted by molar-refractivity contribution is 6.07. The molecule has 3 fully saturated rings. The van der Waals surface area contributed by atoms with Crippen LogP contribution in [0.4, 0.5) is 5.82 Å². The molecule has 1 aromatic heterocycles. The summed E-state index contributed by atoms with van der Waals surface area (Å²) >= 11 is 0. The van der Waals surface area contributed by atoms with Crippen molar-refractivity contribution in [3.05, 3.63) is 11.8 Å². The monoisotopic (exact) mass is 361 g/mol. The van der Waals surface area contributed by atoms with Crippen molar-refractivity contribution in [1.82, 2.24) is 10.1 Å². The van der Waals surface area contributed by atoms with E-state index in [1.807, 2.05) is 0 Å². The molecule has 3 aliphatic rings. The lowest BCUT2D eigenvalue weighted by Gasteiger charge is -2.19. The van der Waals surface area contributed by atoms with E-state index in [4.69, 9.17) is 9.26 Å². The molecule has 1 aliphatic heterocycles. The molecule has 1 saturated heterocycles. The molecule has 0 aromatic carbocycles. The lowest BCUT2D eigenvalue weighted by molar-refractivity contribution is -0.154. The Morgan fingerprint density at radius 2 is 1.92 bits per heavy atom. The minimum atomic E-state index is -0.787. The Kier molecular flexibility index (Phi) is 4.01. The number of fused-ring (bicyclic) bond motifs is 5. The number of aromatic nitrogens is 1. The first-order valence-electron chi connectivity index (χ1n) is 8.68. The molecule has 4 rings (SSSR count). The standard InChI is InChI=1S/C17H19N3O6/c1-8-4-11(19-26-8)18-12(21)7-25-13(22)6-20-16(23)14-9-2-3-10(5-9)15(14)17(20)24/h4,9-10,14-15H,2-3,5-7H2,1H3,(H,18,19,21)/t9-,10-,14-,15+/m0/s1. The Hall–Kier alpha value is -2.71. The summed E-state index contributed by atoms with van der Waals surface area (Å²) < 4.78 is 9.69. The van der Waals surface area contributed by atoms with Gasteiger partial charge < -0.3 is 14.6 Å². The van der Waals surface area contributed by atoms with Crippen molar-refractivity contribution in [3.63, 3.8) is 0 Å². The second kappa shape index (κ2) is 6.22. The lowest BCUT2D eigenvalue weighted by Crippen LogP contribution is -2.38. The topological polar surface area (TPSA) is 119 Å². The fourth-order valence-electron chi connectivity index (χ4n) is 4.55. The van der Waals surface area contributed by atoms with Crippen LogP contribution in [-0.4, -0.2) is 46.9 Å². The maximum Gasteiger partial charge on any atom is 0.326 e. The molecule has 138 valence electrons. The number of rotatable bonds is 5. The fraction of sp³-hybridized carbons (Fsp3) is 0.588. The largest absolute Gasteiger partial charge is 0.454 e. The minimum Gasteiger partial charge on any atom is -0.454 e. The van der Waals surface area contributed by atoms with Gasteiger partial charge in [0.25, 0.3) is 5.91 Å². The Morgan fingerprint density at radius 1 is 1.27 bits per heavy atom. The predicted octanol–water partition coefficient (Wildman–Crippen LogP) is 0.496. The van der Waals surface area contributed by atoms with Gasteiger partial charge in [-0.05, 0) is 38.0 Å². The highest BCUT2D eigenvalue weighted by Gasteiger charge is 2.61. The fourth-order valence-corrected chi connectivity index (χ4v) is 4.55. The van der Waals surface area contributed by atoms with E-state index in [0.717, 1.165) is 24.2 Å². The number of nitrogens with zero attached hydrogens (tertiary/aromatic N) is 2. The number of hydrogen-bond donors (Lipinski definition) is 1. The third kappa shape index (κ3) is 2.77. The molecule has 4 atom stereocenters. The molecule has 1 aromatic rings. The molecule has 3 amide bonds. The number of ether oxygens (including phenoxy) is 1. The van der Waals surface area contributed by atoms with E-state index in [9.17, 15) is 19.2 Å². The molecule has 9 heteroatoms. The quantitative estimate of drug-likeness (QED) is 0.599. The number of anilines is 1. The van der Waals surface area contributed by atoms with Crippen molar-refractivity contribution >= 4 is 29.5 Å². The Bertz CT molecular complexity index is 759. The third-order valence-corrected chi connectivity index (χ3v) is 5.57. The number of imide groups is 1. The summed E-state index contributed by atoms with van der Waals surface area (Å²) in [6, 6.07) is 1.52. The van der Waals surface area contributed by atoms with Gasteiger partial charge in [0, 0.05) is 6.07 Å². The molecule has 2 bridgehead atoms. The van der Waals surface area contributed by atoms with Crippen molar-refractivity contribution in [2.24, 2.45) is 23.7 Å². The SMILES string of the molecule is Cc1cc(NC(=O)COC(=O)CN2C(=O)[C@@H]3[C@H]4CC[C@@H](C4)[C@@H]3C2=O)no1. The summed E-state index contributed by atoms with van der Waals surface area (Å²) in [7, 11) is 0. The zero-order chi connectivity index (χ0) is 18.4. The smallest absolute Gasteiger partial charge is 0.326 e. The van der Waals surface area contributed by atoms with Crippen LogP contribution in [0.25, 0.3) is 0 Å². The van der Waals surface area contributed by atoms with Crippen molar-refractivity contribution in [2.75, 3.05) is 18.5 Å². The summed E-state index contributed by atoms with van der Waals surface area (Å²) in [5, 5.41) is 6.01. The van der Waals surface area contributed by atoms with Crippen LogP contribution >= 0.6 is 0 Å². The lowest BCUT2D eigenvalue weighted by atomic mass is 9.81.